The van der Waals surface area contributed by atoms with Gasteiger partial charge >= 0.3 is 12.3 Å². The zero-order chi connectivity index (χ0) is 18.2. The molecular formula is C16H15F3N2O4. The van der Waals surface area contributed by atoms with Crippen molar-refractivity contribution in [1.29, 1.82) is 0 Å². The molecule has 1 aromatic carbocycles. The average Bonchev–Trinajstić information content (AvgIpc) is 3.13. The summed E-state index contributed by atoms with van der Waals surface area (Å²) in [5.41, 5.74) is -0.539. The largest absolute Gasteiger partial charge is 0.439 e. The van der Waals surface area contributed by atoms with Crippen molar-refractivity contribution in [2.24, 2.45) is 0 Å². The Hall–Kier alpha value is -2.58. The number of ether oxygens (including phenoxy) is 1. The van der Waals surface area contributed by atoms with Crippen molar-refractivity contribution in [2.45, 2.75) is 25.1 Å². The van der Waals surface area contributed by atoms with Crippen LogP contribution in [0.3, 0.4) is 0 Å². The number of carbonyl (C=O) groups excluding carboxylic acids is 3. The number of halogens is 3. The molecule has 1 atom stereocenters. The Balaban J connectivity index is 1.63. The molecule has 134 valence electrons. The molecule has 0 radical (unpaired) electrons. The minimum absolute atomic E-state index is 0.165. The molecule has 0 aliphatic carbocycles. The molecule has 1 aromatic rings. The first-order valence-corrected chi connectivity index (χ1v) is 7.68. The average molecular weight is 356 g/mol. The van der Waals surface area contributed by atoms with E-state index in [0.717, 1.165) is 17.0 Å². The molecule has 25 heavy (non-hydrogen) atoms. The van der Waals surface area contributed by atoms with E-state index < -0.39 is 29.8 Å². The third-order valence-electron chi connectivity index (χ3n) is 4.28. The van der Waals surface area contributed by atoms with Crippen molar-refractivity contribution in [2.75, 3.05) is 19.7 Å². The Bertz CT molecular complexity index is 704. The first-order chi connectivity index (χ1) is 11.8. The summed E-state index contributed by atoms with van der Waals surface area (Å²) in [6, 6.07) is 4.17. The van der Waals surface area contributed by atoms with Gasteiger partial charge in [-0.1, -0.05) is 18.2 Å². The molecule has 0 aromatic heterocycles. The van der Waals surface area contributed by atoms with Crippen molar-refractivity contribution < 1.29 is 32.3 Å². The molecule has 2 aliphatic heterocycles. The van der Waals surface area contributed by atoms with Crippen molar-refractivity contribution in [3.05, 3.63) is 35.4 Å². The van der Waals surface area contributed by atoms with Gasteiger partial charge in [-0.15, -0.1) is 0 Å². The number of carbonyl (C=O) groups is 3. The highest BCUT2D eigenvalue weighted by atomic mass is 19.4. The summed E-state index contributed by atoms with van der Waals surface area (Å²) in [6.45, 7) is 0.200. The molecule has 0 N–H and O–H groups in total. The van der Waals surface area contributed by atoms with E-state index in [4.69, 9.17) is 0 Å². The molecule has 2 heterocycles. The summed E-state index contributed by atoms with van der Waals surface area (Å²) in [4.78, 5) is 38.0. The molecule has 6 nitrogen and oxygen atoms in total. The van der Waals surface area contributed by atoms with Gasteiger partial charge in [0, 0.05) is 13.1 Å². The maximum absolute atomic E-state index is 12.7. The molecule has 0 saturated carbocycles. The van der Waals surface area contributed by atoms with Gasteiger partial charge in [-0.05, 0) is 18.1 Å². The minimum atomic E-state index is -4.46. The van der Waals surface area contributed by atoms with E-state index in [1.807, 2.05) is 0 Å². The second-order valence-electron chi connectivity index (χ2n) is 5.98. The summed E-state index contributed by atoms with van der Waals surface area (Å²) in [7, 11) is 0. The standard InChI is InChI=1S/C16H15F3N2O4/c17-16(18,19)11-3-1-2-10(6-11)7-13(22)20-5-4-12(8-20)21-14(23)9-25-15(21)24/h1-3,6,12H,4-5,7-9H2/t12-/m1/s1. The van der Waals surface area contributed by atoms with Gasteiger partial charge in [-0.3, -0.25) is 9.59 Å². The van der Waals surface area contributed by atoms with Crippen LogP contribution in [0.1, 0.15) is 17.5 Å². The van der Waals surface area contributed by atoms with Gasteiger partial charge < -0.3 is 9.64 Å². The van der Waals surface area contributed by atoms with E-state index in [0.29, 0.717) is 13.0 Å². The maximum Gasteiger partial charge on any atom is 0.417 e. The van der Waals surface area contributed by atoms with Gasteiger partial charge in [0.1, 0.15) is 0 Å². The van der Waals surface area contributed by atoms with Crippen molar-refractivity contribution in [3.63, 3.8) is 0 Å². The summed E-state index contributed by atoms with van der Waals surface area (Å²) < 4.78 is 42.8. The molecule has 0 spiro atoms. The lowest BCUT2D eigenvalue weighted by Crippen LogP contribution is -2.42. The van der Waals surface area contributed by atoms with Crippen LogP contribution in [0, 0.1) is 0 Å². The van der Waals surface area contributed by atoms with Gasteiger partial charge in [0.15, 0.2) is 6.61 Å². The van der Waals surface area contributed by atoms with Crippen LogP contribution >= 0.6 is 0 Å². The maximum atomic E-state index is 12.7. The normalized spacial score (nSPS) is 21.0. The fourth-order valence-electron chi connectivity index (χ4n) is 3.04. The number of benzene rings is 1. The molecule has 9 heteroatoms. The third-order valence-corrected chi connectivity index (χ3v) is 4.28. The lowest BCUT2D eigenvalue weighted by molar-refractivity contribution is -0.138. The first kappa shape index (κ1) is 17.2. The van der Waals surface area contributed by atoms with Crippen LogP contribution in [0.25, 0.3) is 0 Å². The Morgan fingerprint density at radius 3 is 2.68 bits per heavy atom. The molecule has 3 amide bonds. The molecule has 2 saturated heterocycles. The first-order valence-electron chi connectivity index (χ1n) is 7.68. The van der Waals surface area contributed by atoms with Crippen molar-refractivity contribution in [3.8, 4) is 0 Å². The van der Waals surface area contributed by atoms with Gasteiger partial charge in [0.2, 0.25) is 5.91 Å². The van der Waals surface area contributed by atoms with E-state index in [9.17, 15) is 27.6 Å². The van der Waals surface area contributed by atoms with E-state index in [1.165, 1.54) is 17.0 Å². The second kappa shape index (κ2) is 6.38. The van der Waals surface area contributed by atoms with Crippen LogP contribution in [0.5, 0.6) is 0 Å². The SMILES string of the molecule is O=C(Cc1cccc(C(F)(F)F)c1)N1CC[C@@H](N2C(=O)COC2=O)C1. The number of cyclic esters (lactones) is 1. The smallest absolute Gasteiger partial charge is 0.417 e. The molecule has 2 aliphatic rings. The van der Waals surface area contributed by atoms with Crippen molar-refractivity contribution >= 4 is 17.9 Å². The third kappa shape index (κ3) is 3.59. The number of hydrogen-bond acceptors (Lipinski definition) is 4. The predicted molar refractivity (Wildman–Crippen MR) is 78.3 cm³/mol. The number of nitrogens with zero attached hydrogens (tertiary/aromatic N) is 2. The lowest BCUT2D eigenvalue weighted by Gasteiger charge is -2.20. The minimum Gasteiger partial charge on any atom is -0.439 e. The summed E-state index contributed by atoms with van der Waals surface area (Å²) >= 11 is 0. The van der Waals surface area contributed by atoms with Crippen LogP contribution in [-0.2, 0) is 26.9 Å². The number of hydrogen-bond donors (Lipinski definition) is 0. The Kier molecular flexibility index (Phi) is 4.40. The molecule has 0 unspecified atom stereocenters. The second-order valence-corrected chi connectivity index (χ2v) is 5.98. The van der Waals surface area contributed by atoms with Gasteiger partial charge in [-0.25, -0.2) is 9.69 Å². The fraction of sp³-hybridized carbons (Fsp3) is 0.438. The highest BCUT2D eigenvalue weighted by molar-refractivity contribution is 5.98. The number of likely N-dealkylation sites (tertiary alicyclic amines) is 1. The van der Waals surface area contributed by atoms with Gasteiger partial charge in [0.05, 0.1) is 18.0 Å². The van der Waals surface area contributed by atoms with Gasteiger partial charge in [-0.2, -0.15) is 13.2 Å². The van der Waals surface area contributed by atoms with E-state index >= 15 is 0 Å². The van der Waals surface area contributed by atoms with E-state index in [-0.39, 0.29) is 31.0 Å². The summed E-state index contributed by atoms with van der Waals surface area (Å²) in [5.74, 6) is -0.788. The van der Waals surface area contributed by atoms with E-state index in [1.54, 1.807) is 0 Å². The predicted octanol–water partition coefficient (Wildman–Crippen LogP) is 1.83. The molecule has 0 bridgehead atoms. The number of alkyl halides is 3. The fourth-order valence-corrected chi connectivity index (χ4v) is 3.04. The molecule has 3 rings (SSSR count). The summed E-state index contributed by atoms with van der Waals surface area (Å²) in [6.07, 6.45) is -4.93. The van der Waals surface area contributed by atoms with Crippen LogP contribution in [0.2, 0.25) is 0 Å². The number of amides is 3. The molecule has 2 fully saturated rings. The highest BCUT2D eigenvalue weighted by Gasteiger charge is 2.41. The monoisotopic (exact) mass is 356 g/mol. The van der Waals surface area contributed by atoms with Crippen LogP contribution in [0.15, 0.2) is 24.3 Å². The zero-order valence-corrected chi connectivity index (χ0v) is 13.1. The quantitative estimate of drug-likeness (QED) is 0.829. The molecular weight excluding hydrogens is 341 g/mol. The van der Waals surface area contributed by atoms with Gasteiger partial charge in [0.25, 0.3) is 5.91 Å². The van der Waals surface area contributed by atoms with Crippen LogP contribution in [-0.4, -0.2) is 53.4 Å². The summed E-state index contributed by atoms with van der Waals surface area (Å²) in [5, 5.41) is 0. The van der Waals surface area contributed by atoms with E-state index in [2.05, 4.69) is 4.74 Å². The lowest BCUT2D eigenvalue weighted by atomic mass is 10.1. The van der Waals surface area contributed by atoms with Crippen molar-refractivity contribution in [1.82, 2.24) is 9.80 Å². The van der Waals surface area contributed by atoms with Crippen LogP contribution < -0.4 is 0 Å². The Morgan fingerprint density at radius 2 is 2.04 bits per heavy atom. The highest BCUT2D eigenvalue weighted by Crippen LogP contribution is 2.30. The Morgan fingerprint density at radius 1 is 1.28 bits per heavy atom. The topological polar surface area (TPSA) is 66.9 Å². The number of imide groups is 1. The Labute approximate surface area is 141 Å². The number of rotatable bonds is 3. The zero-order valence-electron chi connectivity index (χ0n) is 13.1. The van der Waals surface area contributed by atoms with Crippen LogP contribution in [0.4, 0.5) is 18.0 Å².